The first-order valence-corrected chi connectivity index (χ1v) is 6.79. The molecule has 0 saturated heterocycles. The summed E-state index contributed by atoms with van der Waals surface area (Å²) in [6.07, 6.45) is 0. The summed E-state index contributed by atoms with van der Waals surface area (Å²) in [5, 5.41) is 8.89. The maximum absolute atomic E-state index is 13.0. The second-order valence-electron chi connectivity index (χ2n) is 3.72. The summed E-state index contributed by atoms with van der Waals surface area (Å²) >= 11 is 0. The predicted octanol–water partition coefficient (Wildman–Crippen LogP) is 2.50. The summed E-state index contributed by atoms with van der Waals surface area (Å²) in [7, 11) is -3.91. The van der Waals surface area contributed by atoms with Crippen LogP contribution in [-0.2, 0) is 10.0 Å². The number of hydrogen-bond donors (Lipinski definition) is 1. The van der Waals surface area contributed by atoms with Crippen LogP contribution >= 0.6 is 0 Å². The molecule has 0 radical (unpaired) electrons. The maximum atomic E-state index is 13.0. The van der Waals surface area contributed by atoms with E-state index >= 15 is 0 Å². The molecule has 0 saturated carbocycles. The zero-order chi connectivity index (χ0) is 13.9. The van der Waals surface area contributed by atoms with Gasteiger partial charge < -0.3 is 0 Å². The number of halogens is 1. The molecule has 2 aromatic rings. The first-order chi connectivity index (χ1) is 9.03. The van der Waals surface area contributed by atoms with Crippen LogP contribution in [0.3, 0.4) is 0 Å². The Labute approximate surface area is 110 Å². The average Bonchev–Trinajstić information content (AvgIpc) is 2.38. The Bertz CT molecular complexity index is 751. The lowest BCUT2D eigenvalue weighted by atomic mass is 10.2. The van der Waals surface area contributed by atoms with Crippen molar-refractivity contribution in [1.29, 1.82) is 5.26 Å². The molecule has 6 heteroatoms. The fourth-order valence-electron chi connectivity index (χ4n) is 1.56. The molecule has 0 bridgehead atoms. The second kappa shape index (κ2) is 5.08. The van der Waals surface area contributed by atoms with E-state index in [4.69, 9.17) is 5.26 Å². The van der Waals surface area contributed by atoms with Crippen LogP contribution in [0.1, 0.15) is 5.56 Å². The molecule has 19 heavy (non-hydrogen) atoms. The van der Waals surface area contributed by atoms with Gasteiger partial charge in [-0.2, -0.15) is 5.26 Å². The van der Waals surface area contributed by atoms with Gasteiger partial charge >= 0.3 is 0 Å². The average molecular weight is 276 g/mol. The maximum Gasteiger partial charge on any atom is 0.263 e. The fourth-order valence-corrected chi connectivity index (χ4v) is 2.76. The molecular formula is C13H9FN2O2S. The van der Waals surface area contributed by atoms with Gasteiger partial charge in [0.05, 0.1) is 11.3 Å². The largest absolute Gasteiger partial charge is 0.279 e. The van der Waals surface area contributed by atoms with Crippen molar-refractivity contribution in [2.45, 2.75) is 4.90 Å². The van der Waals surface area contributed by atoms with Crippen LogP contribution < -0.4 is 4.72 Å². The smallest absolute Gasteiger partial charge is 0.263 e. The molecule has 0 heterocycles. The number of hydrogen-bond acceptors (Lipinski definition) is 3. The molecule has 0 amide bonds. The molecule has 0 unspecified atom stereocenters. The number of rotatable bonds is 3. The Morgan fingerprint density at radius 2 is 1.84 bits per heavy atom. The summed E-state index contributed by atoms with van der Waals surface area (Å²) in [6.45, 7) is 0. The van der Waals surface area contributed by atoms with E-state index in [1.165, 1.54) is 36.4 Å². The van der Waals surface area contributed by atoms with Crippen LogP contribution in [0.25, 0.3) is 0 Å². The van der Waals surface area contributed by atoms with Crippen LogP contribution in [0, 0.1) is 17.1 Å². The Morgan fingerprint density at radius 1 is 1.11 bits per heavy atom. The molecule has 0 aliphatic rings. The van der Waals surface area contributed by atoms with Crippen molar-refractivity contribution in [2.24, 2.45) is 0 Å². The van der Waals surface area contributed by atoms with Crippen molar-refractivity contribution in [1.82, 2.24) is 0 Å². The molecular weight excluding hydrogens is 267 g/mol. The number of benzene rings is 2. The number of nitriles is 1. The van der Waals surface area contributed by atoms with E-state index in [9.17, 15) is 12.8 Å². The van der Waals surface area contributed by atoms with Crippen molar-refractivity contribution in [3.63, 3.8) is 0 Å². The highest BCUT2D eigenvalue weighted by Crippen LogP contribution is 2.19. The minimum atomic E-state index is -3.91. The van der Waals surface area contributed by atoms with Crippen molar-refractivity contribution in [3.8, 4) is 6.07 Å². The molecule has 0 aliphatic heterocycles. The normalized spacial score (nSPS) is 10.7. The molecule has 0 spiro atoms. The van der Waals surface area contributed by atoms with Gasteiger partial charge in [0.15, 0.2) is 0 Å². The summed E-state index contributed by atoms with van der Waals surface area (Å²) in [5.74, 6) is -0.547. The molecule has 1 N–H and O–H groups in total. The van der Waals surface area contributed by atoms with E-state index in [1.54, 1.807) is 12.1 Å². The van der Waals surface area contributed by atoms with Gasteiger partial charge in [0, 0.05) is 0 Å². The van der Waals surface area contributed by atoms with Gasteiger partial charge in [-0.25, -0.2) is 12.8 Å². The van der Waals surface area contributed by atoms with Crippen LogP contribution in [-0.4, -0.2) is 8.42 Å². The number of anilines is 1. The van der Waals surface area contributed by atoms with Crippen molar-refractivity contribution >= 4 is 15.7 Å². The Morgan fingerprint density at radius 3 is 2.53 bits per heavy atom. The standard InChI is InChI=1S/C13H9FN2O2S/c14-11-5-3-6-12(8-11)16-19(17,18)13-7-2-1-4-10(13)9-15/h1-8,16H. The van der Waals surface area contributed by atoms with Gasteiger partial charge in [-0.15, -0.1) is 0 Å². The zero-order valence-corrected chi connectivity index (χ0v) is 10.5. The Balaban J connectivity index is 2.41. The van der Waals surface area contributed by atoms with Crippen LogP contribution in [0.2, 0.25) is 0 Å². The van der Waals surface area contributed by atoms with E-state index in [-0.39, 0.29) is 16.1 Å². The quantitative estimate of drug-likeness (QED) is 0.936. The molecule has 4 nitrogen and oxygen atoms in total. The summed E-state index contributed by atoms with van der Waals surface area (Å²) in [6, 6.07) is 12.7. The Kier molecular flexibility index (Phi) is 3.49. The SMILES string of the molecule is N#Cc1ccccc1S(=O)(=O)Nc1cccc(F)c1. The third kappa shape index (κ3) is 2.89. The third-order valence-electron chi connectivity index (χ3n) is 2.37. The lowest BCUT2D eigenvalue weighted by Gasteiger charge is -2.09. The highest BCUT2D eigenvalue weighted by Gasteiger charge is 2.18. The van der Waals surface area contributed by atoms with Gasteiger partial charge in [-0.1, -0.05) is 18.2 Å². The van der Waals surface area contributed by atoms with Gasteiger partial charge in [-0.05, 0) is 30.3 Å². The highest BCUT2D eigenvalue weighted by molar-refractivity contribution is 7.92. The third-order valence-corrected chi connectivity index (χ3v) is 3.81. The molecule has 0 fully saturated rings. The minimum Gasteiger partial charge on any atom is -0.279 e. The minimum absolute atomic E-state index is 0.0337. The fraction of sp³-hybridized carbons (Fsp3) is 0. The second-order valence-corrected chi connectivity index (χ2v) is 5.37. The molecule has 2 rings (SSSR count). The van der Waals surface area contributed by atoms with Crippen LogP contribution in [0.5, 0.6) is 0 Å². The summed E-state index contributed by atoms with van der Waals surface area (Å²) in [5.41, 5.74) is 0.138. The monoisotopic (exact) mass is 276 g/mol. The van der Waals surface area contributed by atoms with E-state index < -0.39 is 15.8 Å². The van der Waals surface area contributed by atoms with Crippen LogP contribution in [0.4, 0.5) is 10.1 Å². The lowest BCUT2D eigenvalue weighted by Crippen LogP contribution is -2.14. The van der Waals surface area contributed by atoms with Crippen molar-refractivity contribution in [2.75, 3.05) is 4.72 Å². The molecule has 2 aromatic carbocycles. The van der Waals surface area contributed by atoms with E-state index in [0.29, 0.717) is 0 Å². The van der Waals surface area contributed by atoms with E-state index in [1.807, 2.05) is 0 Å². The van der Waals surface area contributed by atoms with Gasteiger partial charge in [-0.3, -0.25) is 4.72 Å². The number of sulfonamides is 1. The number of nitrogens with one attached hydrogen (secondary N) is 1. The zero-order valence-electron chi connectivity index (χ0n) is 9.67. The summed E-state index contributed by atoms with van der Waals surface area (Å²) in [4.78, 5) is -0.137. The van der Waals surface area contributed by atoms with Gasteiger partial charge in [0.1, 0.15) is 16.8 Å². The first kappa shape index (κ1) is 13.1. The molecule has 96 valence electrons. The topological polar surface area (TPSA) is 70.0 Å². The summed E-state index contributed by atoms with van der Waals surface area (Å²) < 4.78 is 39.5. The van der Waals surface area contributed by atoms with Crippen molar-refractivity contribution < 1.29 is 12.8 Å². The molecule has 0 aliphatic carbocycles. The van der Waals surface area contributed by atoms with Crippen molar-refractivity contribution in [3.05, 3.63) is 59.9 Å². The molecule has 0 aromatic heterocycles. The van der Waals surface area contributed by atoms with E-state index in [2.05, 4.69) is 4.72 Å². The highest BCUT2D eigenvalue weighted by atomic mass is 32.2. The predicted molar refractivity (Wildman–Crippen MR) is 68.4 cm³/mol. The first-order valence-electron chi connectivity index (χ1n) is 5.30. The Hall–Kier alpha value is -2.39. The van der Waals surface area contributed by atoms with Gasteiger partial charge in [0.2, 0.25) is 0 Å². The van der Waals surface area contributed by atoms with Gasteiger partial charge in [0.25, 0.3) is 10.0 Å². The lowest BCUT2D eigenvalue weighted by molar-refractivity contribution is 0.601. The van der Waals surface area contributed by atoms with E-state index in [0.717, 1.165) is 6.07 Å². The number of nitrogens with zero attached hydrogens (tertiary/aromatic N) is 1. The van der Waals surface area contributed by atoms with Crippen LogP contribution in [0.15, 0.2) is 53.4 Å². The molecule has 0 atom stereocenters.